The van der Waals surface area contributed by atoms with Crippen molar-refractivity contribution in [1.29, 1.82) is 0 Å². The smallest absolute Gasteiger partial charge is 0.253 e. The van der Waals surface area contributed by atoms with Crippen LogP contribution in [0.3, 0.4) is 0 Å². The van der Waals surface area contributed by atoms with E-state index in [-0.39, 0.29) is 5.91 Å². The van der Waals surface area contributed by atoms with E-state index in [1.165, 1.54) is 11.9 Å². The Morgan fingerprint density at radius 1 is 0.968 bits per heavy atom. The number of amides is 1. The Labute approximate surface area is 192 Å². The van der Waals surface area contributed by atoms with Crippen LogP contribution in [0.25, 0.3) is 0 Å². The van der Waals surface area contributed by atoms with Gasteiger partial charge in [0.2, 0.25) is 0 Å². The third-order valence-electron chi connectivity index (χ3n) is 5.59. The number of benzene rings is 3. The molecule has 1 aliphatic rings. The highest BCUT2D eigenvalue weighted by atomic mass is 35.5. The molecule has 1 fully saturated rings. The van der Waals surface area contributed by atoms with Gasteiger partial charge in [0.1, 0.15) is 0 Å². The molecule has 2 N–H and O–H groups in total. The largest absolute Gasteiger partial charge is 0.389 e. The number of hydrogen-bond donors (Lipinski definition) is 2. The third-order valence-corrected chi connectivity index (χ3v) is 6.69. The van der Waals surface area contributed by atoms with Gasteiger partial charge in [-0.15, -0.1) is 0 Å². The SMILES string of the molecule is O=C(c1ccc(NSc2ccc(Cl)cc2)cc1)N1CCC(O)(Cc2ccccc2)CC1. The first-order valence-electron chi connectivity index (χ1n) is 10.3. The van der Waals surface area contributed by atoms with Gasteiger partial charge in [0.15, 0.2) is 0 Å². The van der Waals surface area contributed by atoms with Crippen LogP contribution in [0.5, 0.6) is 0 Å². The molecule has 0 atom stereocenters. The predicted octanol–water partition coefficient (Wildman–Crippen LogP) is 5.67. The highest BCUT2D eigenvalue weighted by Crippen LogP contribution is 2.28. The summed E-state index contributed by atoms with van der Waals surface area (Å²) in [5.41, 5.74) is 1.97. The Bertz CT molecular complexity index is 1000. The Kier molecular flexibility index (Phi) is 6.86. The van der Waals surface area contributed by atoms with Crippen LogP contribution < -0.4 is 4.72 Å². The van der Waals surface area contributed by atoms with E-state index in [1.807, 2.05) is 83.8 Å². The van der Waals surface area contributed by atoms with E-state index in [0.717, 1.165) is 16.1 Å². The lowest BCUT2D eigenvalue weighted by Crippen LogP contribution is -2.47. The van der Waals surface area contributed by atoms with Gasteiger partial charge < -0.3 is 14.7 Å². The summed E-state index contributed by atoms with van der Waals surface area (Å²) in [7, 11) is 0. The molecule has 1 heterocycles. The number of halogens is 1. The fraction of sp³-hybridized carbons (Fsp3) is 0.240. The van der Waals surface area contributed by atoms with Gasteiger partial charge in [0, 0.05) is 40.7 Å². The topological polar surface area (TPSA) is 52.6 Å². The van der Waals surface area contributed by atoms with Crippen LogP contribution in [-0.4, -0.2) is 34.6 Å². The summed E-state index contributed by atoms with van der Waals surface area (Å²) >= 11 is 7.41. The van der Waals surface area contributed by atoms with Crippen molar-refractivity contribution in [3.63, 3.8) is 0 Å². The molecule has 4 rings (SSSR count). The van der Waals surface area contributed by atoms with Gasteiger partial charge in [-0.25, -0.2) is 0 Å². The summed E-state index contributed by atoms with van der Waals surface area (Å²) in [6.45, 7) is 1.13. The zero-order valence-electron chi connectivity index (χ0n) is 17.1. The first-order valence-corrected chi connectivity index (χ1v) is 11.5. The molecule has 0 saturated carbocycles. The van der Waals surface area contributed by atoms with E-state index in [9.17, 15) is 9.90 Å². The molecule has 6 heteroatoms. The van der Waals surface area contributed by atoms with Gasteiger partial charge in [-0.2, -0.15) is 0 Å². The Morgan fingerprint density at radius 2 is 1.61 bits per heavy atom. The van der Waals surface area contributed by atoms with Crippen molar-refractivity contribution in [2.45, 2.75) is 29.8 Å². The van der Waals surface area contributed by atoms with Gasteiger partial charge in [-0.3, -0.25) is 4.79 Å². The first-order chi connectivity index (χ1) is 15.0. The molecular weight excluding hydrogens is 428 g/mol. The molecule has 0 aliphatic carbocycles. The van der Waals surface area contributed by atoms with E-state index >= 15 is 0 Å². The van der Waals surface area contributed by atoms with Crippen molar-refractivity contribution in [3.8, 4) is 0 Å². The Hall–Kier alpha value is -2.47. The number of carbonyl (C=O) groups is 1. The average Bonchev–Trinajstić information content (AvgIpc) is 2.80. The Morgan fingerprint density at radius 3 is 2.26 bits per heavy atom. The van der Waals surface area contributed by atoms with Gasteiger partial charge in [-0.05, 0) is 78.9 Å². The zero-order valence-corrected chi connectivity index (χ0v) is 18.7. The number of likely N-dealkylation sites (tertiary alicyclic amines) is 1. The summed E-state index contributed by atoms with van der Waals surface area (Å²) in [6.07, 6.45) is 1.80. The molecule has 4 nitrogen and oxygen atoms in total. The van der Waals surface area contributed by atoms with Crippen LogP contribution in [0.15, 0.2) is 83.8 Å². The van der Waals surface area contributed by atoms with Crippen molar-refractivity contribution in [2.75, 3.05) is 17.8 Å². The molecular formula is C25H25ClN2O2S. The fourth-order valence-electron chi connectivity index (χ4n) is 3.76. The van der Waals surface area contributed by atoms with E-state index in [1.54, 1.807) is 0 Å². The molecule has 0 spiro atoms. The summed E-state index contributed by atoms with van der Waals surface area (Å²) in [4.78, 5) is 15.8. The quantitative estimate of drug-likeness (QED) is 0.473. The molecule has 1 aliphatic heterocycles. The minimum atomic E-state index is -0.745. The van der Waals surface area contributed by atoms with E-state index < -0.39 is 5.60 Å². The molecule has 31 heavy (non-hydrogen) atoms. The van der Waals surface area contributed by atoms with Crippen LogP contribution in [-0.2, 0) is 6.42 Å². The zero-order chi connectivity index (χ0) is 21.7. The van der Waals surface area contributed by atoms with Crippen LogP contribution in [0.1, 0.15) is 28.8 Å². The van der Waals surface area contributed by atoms with Crippen LogP contribution >= 0.6 is 23.5 Å². The minimum Gasteiger partial charge on any atom is -0.389 e. The lowest BCUT2D eigenvalue weighted by Gasteiger charge is -2.38. The summed E-state index contributed by atoms with van der Waals surface area (Å²) in [6, 6.07) is 25.2. The molecule has 0 radical (unpaired) electrons. The summed E-state index contributed by atoms with van der Waals surface area (Å²) in [5, 5.41) is 11.7. The number of aliphatic hydroxyl groups is 1. The number of hydrogen-bond acceptors (Lipinski definition) is 4. The summed E-state index contributed by atoms with van der Waals surface area (Å²) in [5.74, 6) is 0.0127. The minimum absolute atomic E-state index is 0.0127. The Balaban J connectivity index is 1.30. The number of nitrogens with one attached hydrogen (secondary N) is 1. The van der Waals surface area contributed by atoms with Crippen molar-refractivity contribution in [2.24, 2.45) is 0 Å². The number of anilines is 1. The average molecular weight is 453 g/mol. The lowest BCUT2D eigenvalue weighted by molar-refractivity contribution is -0.0162. The van der Waals surface area contributed by atoms with Gasteiger partial charge in [0.25, 0.3) is 5.91 Å². The third kappa shape index (κ3) is 5.82. The highest BCUT2D eigenvalue weighted by Gasteiger charge is 2.34. The van der Waals surface area contributed by atoms with E-state index in [0.29, 0.717) is 42.9 Å². The molecule has 0 aromatic heterocycles. The van der Waals surface area contributed by atoms with Gasteiger partial charge >= 0.3 is 0 Å². The monoisotopic (exact) mass is 452 g/mol. The van der Waals surface area contributed by atoms with E-state index in [4.69, 9.17) is 11.6 Å². The maximum atomic E-state index is 12.9. The van der Waals surface area contributed by atoms with Gasteiger partial charge in [-0.1, -0.05) is 41.9 Å². The summed E-state index contributed by atoms with van der Waals surface area (Å²) < 4.78 is 3.28. The standard InChI is InChI=1S/C25H25ClN2O2S/c26-21-8-12-23(13-9-21)31-27-22-10-6-20(7-11-22)24(29)28-16-14-25(30,15-17-28)18-19-4-2-1-3-5-19/h1-13,27,30H,14-18H2. The van der Waals surface area contributed by atoms with Crippen molar-refractivity contribution >= 4 is 35.1 Å². The normalized spacial score (nSPS) is 15.5. The molecule has 1 saturated heterocycles. The molecule has 3 aromatic rings. The number of nitrogens with zero attached hydrogens (tertiary/aromatic N) is 1. The number of carbonyl (C=O) groups excluding carboxylic acids is 1. The molecule has 3 aromatic carbocycles. The highest BCUT2D eigenvalue weighted by molar-refractivity contribution is 8.00. The first kappa shape index (κ1) is 21.8. The predicted molar refractivity (Wildman–Crippen MR) is 128 cm³/mol. The number of piperidine rings is 1. The second kappa shape index (κ2) is 9.77. The van der Waals surface area contributed by atoms with Crippen LogP contribution in [0.4, 0.5) is 5.69 Å². The van der Waals surface area contributed by atoms with Crippen molar-refractivity contribution in [1.82, 2.24) is 4.90 Å². The van der Waals surface area contributed by atoms with Crippen LogP contribution in [0.2, 0.25) is 5.02 Å². The molecule has 0 bridgehead atoms. The second-order valence-electron chi connectivity index (χ2n) is 7.91. The maximum Gasteiger partial charge on any atom is 0.253 e. The molecule has 0 unspecified atom stereocenters. The number of rotatable bonds is 6. The maximum absolute atomic E-state index is 12.9. The van der Waals surface area contributed by atoms with E-state index in [2.05, 4.69) is 4.72 Å². The van der Waals surface area contributed by atoms with Gasteiger partial charge in [0.05, 0.1) is 5.60 Å². The molecule has 1 amide bonds. The van der Waals surface area contributed by atoms with Crippen LogP contribution in [0, 0.1) is 0 Å². The molecule has 160 valence electrons. The van der Waals surface area contributed by atoms with Crippen molar-refractivity contribution in [3.05, 3.63) is 95.0 Å². The lowest BCUT2D eigenvalue weighted by atomic mass is 9.85. The van der Waals surface area contributed by atoms with Crippen molar-refractivity contribution < 1.29 is 9.90 Å². The second-order valence-corrected chi connectivity index (χ2v) is 9.23. The fourth-order valence-corrected chi connectivity index (χ4v) is 4.53.